The Bertz CT molecular complexity index is 781. The number of hydrogen-bond donors (Lipinski definition) is 0. The molecule has 3 nitrogen and oxygen atoms in total. The van der Waals surface area contributed by atoms with Crippen molar-refractivity contribution < 1.29 is 4.74 Å². The summed E-state index contributed by atoms with van der Waals surface area (Å²) in [5, 5.41) is 0. The number of rotatable bonds is 2. The predicted molar refractivity (Wildman–Crippen MR) is 91.6 cm³/mol. The van der Waals surface area contributed by atoms with E-state index in [0.29, 0.717) is 5.88 Å². The van der Waals surface area contributed by atoms with Gasteiger partial charge in [0.2, 0.25) is 5.88 Å². The van der Waals surface area contributed by atoms with Gasteiger partial charge in [0.05, 0.1) is 11.0 Å². The molecule has 0 aliphatic rings. The minimum Gasteiger partial charge on any atom is -0.437 e. The second kappa shape index (κ2) is 7.03. The molecule has 3 heteroatoms. The summed E-state index contributed by atoms with van der Waals surface area (Å²) < 4.78 is 5.93. The number of para-hydroxylation sites is 2. The molecule has 3 rings (SSSR count). The van der Waals surface area contributed by atoms with Crippen molar-refractivity contribution in [2.24, 2.45) is 0 Å². The monoisotopic (exact) mass is 294 g/mol. The first kappa shape index (κ1) is 16.0. The summed E-state index contributed by atoms with van der Waals surface area (Å²) >= 11 is 0. The van der Waals surface area contributed by atoms with E-state index in [1.54, 1.807) is 0 Å². The van der Waals surface area contributed by atoms with E-state index in [0.717, 1.165) is 28.0 Å². The average Bonchev–Trinajstić information content (AvgIpc) is 2.52. The molecule has 0 aliphatic carbocycles. The Morgan fingerprint density at radius 1 is 0.818 bits per heavy atom. The van der Waals surface area contributed by atoms with Crippen LogP contribution in [0.5, 0.6) is 11.6 Å². The van der Waals surface area contributed by atoms with Gasteiger partial charge in [0.1, 0.15) is 11.4 Å². The van der Waals surface area contributed by atoms with Gasteiger partial charge in [-0.05, 0) is 44.5 Å². The van der Waals surface area contributed by atoms with Crippen molar-refractivity contribution in [2.75, 3.05) is 0 Å². The molecule has 0 N–H and O–H groups in total. The molecule has 1 heterocycles. The fourth-order valence-electron chi connectivity index (χ4n) is 2.19. The van der Waals surface area contributed by atoms with Gasteiger partial charge in [-0.2, -0.15) is 0 Å². The Morgan fingerprint density at radius 3 is 2.09 bits per heavy atom. The van der Waals surface area contributed by atoms with Crippen LogP contribution in [0.1, 0.15) is 30.7 Å². The highest BCUT2D eigenvalue weighted by atomic mass is 16.5. The fraction of sp³-hybridized carbons (Fsp3) is 0.263. The second-order valence-electron chi connectivity index (χ2n) is 4.97. The van der Waals surface area contributed by atoms with E-state index >= 15 is 0 Å². The van der Waals surface area contributed by atoms with Gasteiger partial charge in [-0.3, -0.25) is 0 Å². The Labute approximate surface area is 132 Å². The molecule has 0 aliphatic heterocycles. The number of nitrogens with zero attached hydrogens (tertiary/aromatic N) is 2. The van der Waals surface area contributed by atoms with Crippen molar-refractivity contribution in [3.8, 4) is 11.6 Å². The number of fused-ring (bicyclic) bond motifs is 1. The first-order chi connectivity index (χ1) is 10.6. The van der Waals surface area contributed by atoms with Crippen LogP contribution >= 0.6 is 0 Å². The van der Waals surface area contributed by atoms with Gasteiger partial charge in [-0.25, -0.2) is 9.97 Å². The van der Waals surface area contributed by atoms with Crippen molar-refractivity contribution in [3.63, 3.8) is 0 Å². The summed E-state index contributed by atoms with van der Waals surface area (Å²) in [7, 11) is 0. The van der Waals surface area contributed by atoms with Gasteiger partial charge in [-0.15, -0.1) is 0 Å². The summed E-state index contributed by atoms with van der Waals surface area (Å²) in [4.78, 5) is 9.08. The molecule has 22 heavy (non-hydrogen) atoms. The number of aromatic nitrogens is 2. The molecule has 1 aromatic heterocycles. The van der Waals surface area contributed by atoms with Gasteiger partial charge < -0.3 is 4.74 Å². The Balaban J connectivity index is 0.000000847. The van der Waals surface area contributed by atoms with E-state index in [1.807, 2.05) is 64.1 Å². The molecule has 0 fully saturated rings. The van der Waals surface area contributed by atoms with Crippen LogP contribution in [0, 0.1) is 20.8 Å². The van der Waals surface area contributed by atoms with E-state index in [-0.39, 0.29) is 0 Å². The standard InChI is InChI=1S/C17H16N2O.C2H6/c1-11-8-9-16(12(2)10-11)20-17-13(3)18-14-6-4-5-7-15(14)19-17;1-2/h4-10H,1-3H3;1-2H3. The lowest BCUT2D eigenvalue weighted by atomic mass is 10.1. The summed E-state index contributed by atoms with van der Waals surface area (Å²) in [6.07, 6.45) is 0. The number of hydrogen-bond acceptors (Lipinski definition) is 3. The highest BCUT2D eigenvalue weighted by Gasteiger charge is 2.08. The minimum absolute atomic E-state index is 0.565. The van der Waals surface area contributed by atoms with Crippen LogP contribution in [0.15, 0.2) is 42.5 Å². The average molecular weight is 294 g/mol. The predicted octanol–water partition coefficient (Wildman–Crippen LogP) is 5.37. The lowest BCUT2D eigenvalue weighted by Crippen LogP contribution is -1.97. The quantitative estimate of drug-likeness (QED) is 0.637. The zero-order chi connectivity index (χ0) is 16.1. The third kappa shape index (κ3) is 3.42. The van der Waals surface area contributed by atoms with Crippen molar-refractivity contribution in [1.82, 2.24) is 9.97 Å². The fourth-order valence-corrected chi connectivity index (χ4v) is 2.19. The van der Waals surface area contributed by atoms with Gasteiger partial charge >= 0.3 is 0 Å². The topological polar surface area (TPSA) is 35.0 Å². The largest absolute Gasteiger partial charge is 0.437 e. The zero-order valence-corrected chi connectivity index (χ0v) is 13.8. The van der Waals surface area contributed by atoms with Crippen molar-refractivity contribution >= 4 is 11.0 Å². The van der Waals surface area contributed by atoms with Crippen LogP contribution in [0.2, 0.25) is 0 Å². The van der Waals surface area contributed by atoms with E-state index < -0.39 is 0 Å². The zero-order valence-electron chi connectivity index (χ0n) is 13.8. The molecule has 0 atom stereocenters. The number of benzene rings is 2. The molecule has 114 valence electrons. The van der Waals surface area contributed by atoms with Gasteiger partial charge in [0.25, 0.3) is 0 Å². The van der Waals surface area contributed by atoms with Crippen molar-refractivity contribution in [3.05, 3.63) is 59.3 Å². The van der Waals surface area contributed by atoms with Gasteiger partial charge in [0, 0.05) is 0 Å². The maximum atomic E-state index is 5.93. The second-order valence-corrected chi connectivity index (χ2v) is 4.97. The smallest absolute Gasteiger partial charge is 0.241 e. The van der Waals surface area contributed by atoms with Crippen LogP contribution in [0.25, 0.3) is 11.0 Å². The Morgan fingerprint density at radius 2 is 1.45 bits per heavy atom. The van der Waals surface area contributed by atoms with E-state index in [1.165, 1.54) is 5.56 Å². The van der Waals surface area contributed by atoms with Crippen LogP contribution in [0.3, 0.4) is 0 Å². The molecular weight excluding hydrogens is 272 g/mol. The molecule has 0 amide bonds. The van der Waals surface area contributed by atoms with Crippen LogP contribution in [0.4, 0.5) is 0 Å². The first-order valence-corrected chi connectivity index (χ1v) is 7.62. The maximum absolute atomic E-state index is 5.93. The summed E-state index contributed by atoms with van der Waals surface area (Å²) in [6.45, 7) is 10.0. The third-order valence-electron chi connectivity index (χ3n) is 3.24. The highest BCUT2D eigenvalue weighted by Crippen LogP contribution is 2.27. The lowest BCUT2D eigenvalue weighted by molar-refractivity contribution is 0.454. The maximum Gasteiger partial charge on any atom is 0.241 e. The Hall–Kier alpha value is -2.42. The summed E-state index contributed by atoms with van der Waals surface area (Å²) in [5.41, 5.74) is 4.84. The van der Waals surface area contributed by atoms with Crippen molar-refractivity contribution in [1.29, 1.82) is 0 Å². The molecule has 2 aromatic carbocycles. The van der Waals surface area contributed by atoms with Gasteiger partial charge in [0.15, 0.2) is 0 Å². The normalized spacial score (nSPS) is 10.0. The molecule has 0 spiro atoms. The summed E-state index contributed by atoms with van der Waals surface area (Å²) in [5.74, 6) is 1.39. The number of ether oxygens (including phenoxy) is 1. The molecule has 0 unspecified atom stereocenters. The van der Waals surface area contributed by atoms with Crippen LogP contribution in [-0.2, 0) is 0 Å². The molecule has 0 saturated carbocycles. The lowest BCUT2D eigenvalue weighted by Gasteiger charge is -2.11. The molecule has 0 radical (unpaired) electrons. The van der Waals surface area contributed by atoms with E-state index in [9.17, 15) is 0 Å². The van der Waals surface area contributed by atoms with E-state index in [4.69, 9.17) is 4.74 Å². The van der Waals surface area contributed by atoms with Crippen LogP contribution < -0.4 is 4.74 Å². The molecular formula is C19H22N2O. The first-order valence-electron chi connectivity index (χ1n) is 7.62. The van der Waals surface area contributed by atoms with Gasteiger partial charge in [-0.1, -0.05) is 43.7 Å². The van der Waals surface area contributed by atoms with Crippen LogP contribution in [-0.4, -0.2) is 9.97 Å². The SMILES string of the molecule is CC.Cc1ccc(Oc2nc3ccccc3nc2C)c(C)c1. The Kier molecular flexibility index (Phi) is 5.10. The van der Waals surface area contributed by atoms with Crippen molar-refractivity contribution in [2.45, 2.75) is 34.6 Å². The molecule has 0 saturated heterocycles. The van der Waals surface area contributed by atoms with E-state index in [2.05, 4.69) is 23.0 Å². The minimum atomic E-state index is 0.565. The third-order valence-corrected chi connectivity index (χ3v) is 3.24. The molecule has 0 bridgehead atoms. The molecule has 3 aromatic rings. The summed E-state index contributed by atoms with van der Waals surface area (Å²) in [6, 6.07) is 13.9. The number of aryl methyl sites for hydroxylation is 3. The highest BCUT2D eigenvalue weighted by molar-refractivity contribution is 5.74.